The van der Waals surface area contributed by atoms with Crippen molar-refractivity contribution in [1.29, 1.82) is 0 Å². The molecule has 0 unspecified atom stereocenters. The summed E-state index contributed by atoms with van der Waals surface area (Å²) in [5, 5.41) is 0.657. The summed E-state index contributed by atoms with van der Waals surface area (Å²) in [5.74, 6) is 0. The minimum Gasteiger partial charge on any atom is -0.396 e. The zero-order valence-corrected chi connectivity index (χ0v) is 8.22. The number of halogens is 1. The van der Waals surface area contributed by atoms with Crippen LogP contribution in [0.3, 0.4) is 0 Å². The van der Waals surface area contributed by atoms with Gasteiger partial charge in [0.05, 0.1) is 16.4 Å². The van der Waals surface area contributed by atoms with E-state index in [4.69, 9.17) is 17.3 Å². The molecule has 1 aliphatic rings. The van der Waals surface area contributed by atoms with Crippen molar-refractivity contribution in [2.45, 2.75) is 12.8 Å². The average molecular weight is 197 g/mol. The highest BCUT2D eigenvalue weighted by Crippen LogP contribution is 2.31. The number of benzene rings is 1. The molecule has 0 bridgehead atoms. The van der Waals surface area contributed by atoms with Crippen LogP contribution in [0.1, 0.15) is 12.8 Å². The van der Waals surface area contributed by atoms with Crippen LogP contribution in [-0.2, 0) is 0 Å². The summed E-state index contributed by atoms with van der Waals surface area (Å²) in [5.41, 5.74) is 7.69. The van der Waals surface area contributed by atoms with E-state index in [-0.39, 0.29) is 0 Å². The van der Waals surface area contributed by atoms with Crippen molar-refractivity contribution in [3.05, 3.63) is 23.2 Å². The molecule has 0 spiro atoms. The first-order valence-corrected chi connectivity index (χ1v) is 4.96. The summed E-state index contributed by atoms with van der Waals surface area (Å²) >= 11 is 5.94. The highest BCUT2D eigenvalue weighted by molar-refractivity contribution is 6.33. The van der Waals surface area contributed by atoms with Crippen molar-refractivity contribution >= 4 is 23.0 Å². The molecule has 70 valence electrons. The van der Waals surface area contributed by atoms with Gasteiger partial charge in [0.15, 0.2) is 0 Å². The minimum absolute atomic E-state index is 0.657. The average Bonchev–Trinajstić information content (AvgIpc) is 2.62. The van der Waals surface area contributed by atoms with Crippen molar-refractivity contribution in [2.75, 3.05) is 23.7 Å². The van der Waals surface area contributed by atoms with E-state index in [0.29, 0.717) is 10.7 Å². The maximum Gasteiger partial charge on any atom is 0.0741 e. The van der Waals surface area contributed by atoms with Crippen LogP contribution in [0.25, 0.3) is 0 Å². The molecule has 0 atom stereocenters. The van der Waals surface area contributed by atoms with Crippen molar-refractivity contribution in [2.24, 2.45) is 0 Å². The van der Waals surface area contributed by atoms with Gasteiger partial charge in [-0.15, -0.1) is 0 Å². The molecular weight excluding hydrogens is 184 g/mol. The minimum atomic E-state index is 0.657. The van der Waals surface area contributed by atoms with Gasteiger partial charge in [-0.2, -0.15) is 0 Å². The first-order valence-electron chi connectivity index (χ1n) is 4.58. The zero-order valence-electron chi connectivity index (χ0n) is 7.46. The Labute approximate surface area is 83.3 Å². The van der Waals surface area contributed by atoms with E-state index in [0.717, 1.165) is 18.8 Å². The summed E-state index contributed by atoms with van der Waals surface area (Å²) in [6, 6.07) is 5.81. The standard InChI is InChI=1S/C10H13ClN2/c11-8-4-3-5-9(10(8)12)13-6-1-2-7-13/h3-5H,1-2,6-7,12H2. The van der Waals surface area contributed by atoms with E-state index in [1.807, 2.05) is 18.2 Å². The molecular formula is C10H13ClN2. The Morgan fingerprint density at radius 3 is 2.62 bits per heavy atom. The van der Waals surface area contributed by atoms with Crippen molar-refractivity contribution in [3.8, 4) is 0 Å². The number of nitrogens with two attached hydrogens (primary N) is 1. The van der Waals surface area contributed by atoms with Gasteiger partial charge in [-0.05, 0) is 25.0 Å². The molecule has 0 aromatic heterocycles. The number of anilines is 2. The van der Waals surface area contributed by atoms with Gasteiger partial charge < -0.3 is 10.6 Å². The van der Waals surface area contributed by atoms with Crippen LogP contribution in [0.4, 0.5) is 11.4 Å². The van der Waals surface area contributed by atoms with Crippen LogP contribution >= 0.6 is 11.6 Å². The summed E-state index contributed by atoms with van der Waals surface area (Å²) in [6.45, 7) is 2.20. The third-order valence-corrected chi connectivity index (χ3v) is 2.81. The summed E-state index contributed by atoms with van der Waals surface area (Å²) in [6.07, 6.45) is 2.51. The fourth-order valence-corrected chi connectivity index (χ4v) is 1.93. The van der Waals surface area contributed by atoms with Crippen LogP contribution < -0.4 is 10.6 Å². The lowest BCUT2D eigenvalue weighted by molar-refractivity contribution is 0.949. The third kappa shape index (κ3) is 1.59. The summed E-state index contributed by atoms with van der Waals surface area (Å²) in [4.78, 5) is 2.29. The van der Waals surface area contributed by atoms with Crippen molar-refractivity contribution < 1.29 is 0 Å². The lowest BCUT2D eigenvalue weighted by Crippen LogP contribution is -2.18. The highest BCUT2D eigenvalue weighted by atomic mass is 35.5. The largest absolute Gasteiger partial charge is 0.396 e. The molecule has 0 amide bonds. The molecule has 2 nitrogen and oxygen atoms in total. The summed E-state index contributed by atoms with van der Waals surface area (Å²) < 4.78 is 0. The first kappa shape index (κ1) is 8.70. The van der Waals surface area contributed by atoms with E-state index in [2.05, 4.69) is 4.90 Å². The fraction of sp³-hybridized carbons (Fsp3) is 0.400. The number of rotatable bonds is 1. The van der Waals surface area contributed by atoms with E-state index in [9.17, 15) is 0 Å². The molecule has 1 fully saturated rings. The predicted octanol–water partition coefficient (Wildman–Crippen LogP) is 2.52. The van der Waals surface area contributed by atoms with E-state index in [1.165, 1.54) is 12.8 Å². The lowest BCUT2D eigenvalue weighted by atomic mass is 10.2. The second-order valence-corrected chi connectivity index (χ2v) is 3.77. The maximum atomic E-state index is 5.94. The number of hydrogen-bond donors (Lipinski definition) is 1. The Balaban J connectivity index is 2.33. The quantitative estimate of drug-likeness (QED) is 0.700. The topological polar surface area (TPSA) is 29.3 Å². The van der Waals surface area contributed by atoms with E-state index in [1.54, 1.807) is 0 Å². The monoisotopic (exact) mass is 196 g/mol. The molecule has 0 saturated carbocycles. The fourth-order valence-electron chi connectivity index (χ4n) is 1.76. The molecule has 3 heteroatoms. The molecule has 1 aromatic rings. The smallest absolute Gasteiger partial charge is 0.0741 e. The van der Waals surface area contributed by atoms with Crippen LogP contribution in [0.15, 0.2) is 18.2 Å². The second kappa shape index (κ2) is 3.46. The Morgan fingerprint density at radius 1 is 1.23 bits per heavy atom. The molecule has 1 aliphatic heterocycles. The highest BCUT2D eigenvalue weighted by Gasteiger charge is 2.15. The third-order valence-electron chi connectivity index (χ3n) is 2.48. The van der Waals surface area contributed by atoms with Crippen molar-refractivity contribution in [1.82, 2.24) is 0 Å². The van der Waals surface area contributed by atoms with Gasteiger partial charge >= 0.3 is 0 Å². The van der Waals surface area contributed by atoms with Crippen LogP contribution in [0.5, 0.6) is 0 Å². The second-order valence-electron chi connectivity index (χ2n) is 3.37. The zero-order chi connectivity index (χ0) is 9.26. The molecule has 13 heavy (non-hydrogen) atoms. The number of nitrogens with zero attached hydrogens (tertiary/aromatic N) is 1. The van der Waals surface area contributed by atoms with Gasteiger partial charge in [-0.3, -0.25) is 0 Å². The molecule has 2 N–H and O–H groups in total. The molecule has 2 rings (SSSR count). The van der Waals surface area contributed by atoms with Gasteiger partial charge in [-0.25, -0.2) is 0 Å². The van der Waals surface area contributed by atoms with Crippen molar-refractivity contribution in [3.63, 3.8) is 0 Å². The van der Waals surface area contributed by atoms with Gasteiger partial charge in [-0.1, -0.05) is 17.7 Å². The first-order chi connectivity index (χ1) is 6.29. The normalized spacial score (nSPS) is 16.5. The molecule has 1 saturated heterocycles. The Kier molecular flexibility index (Phi) is 2.32. The molecule has 1 aromatic carbocycles. The van der Waals surface area contributed by atoms with Crippen LogP contribution in [0, 0.1) is 0 Å². The SMILES string of the molecule is Nc1c(Cl)cccc1N1CCCC1. The number of hydrogen-bond acceptors (Lipinski definition) is 2. The molecule has 1 heterocycles. The Bertz CT molecular complexity index is 306. The maximum absolute atomic E-state index is 5.94. The van der Waals surface area contributed by atoms with E-state index >= 15 is 0 Å². The number of para-hydroxylation sites is 1. The van der Waals surface area contributed by atoms with Gasteiger partial charge in [0.25, 0.3) is 0 Å². The predicted molar refractivity (Wildman–Crippen MR) is 57.3 cm³/mol. The van der Waals surface area contributed by atoms with Gasteiger partial charge in [0.1, 0.15) is 0 Å². The van der Waals surface area contributed by atoms with Crippen LogP contribution in [-0.4, -0.2) is 13.1 Å². The van der Waals surface area contributed by atoms with Crippen LogP contribution in [0.2, 0.25) is 5.02 Å². The molecule has 0 aliphatic carbocycles. The Hall–Kier alpha value is -0.890. The number of nitrogen functional groups attached to an aromatic ring is 1. The lowest BCUT2D eigenvalue weighted by Gasteiger charge is -2.19. The summed E-state index contributed by atoms with van der Waals surface area (Å²) in [7, 11) is 0. The van der Waals surface area contributed by atoms with E-state index < -0.39 is 0 Å². The van der Waals surface area contributed by atoms with Gasteiger partial charge in [0.2, 0.25) is 0 Å². The molecule has 0 radical (unpaired) electrons. The van der Waals surface area contributed by atoms with Gasteiger partial charge in [0, 0.05) is 13.1 Å². The Morgan fingerprint density at radius 2 is 1.92 bits per heavy atom.